The highest BCUT2D eigenvalue weighted by molar-refractivity contribution is 5.88. The number of benzene rings is 2. The Bertz CT molecular complexity index is 1470. The van der Waals surface area contributed by atoms with Gasteiger partial charge >= 0.3 is 11.9 Å². The van der Waals surface area contributed by atoms with Gasteiger partial charge in [0.2, 0.25) is 11.8 Å². The zero-order valence-electron chi connectivity index (χ0n) is 21.1. The lowest BCUT2D eigenvalue weighted by atomic mass is 9.84. The zero-order chi connectivity index (χ0) is 27.4. The standard InChI is InChI=1S/C27H26N4O7/c1-4-35-21-12-16(9-10-20(21)37-14-22(32)36-5-2)24-19(13-28)25(29)38-26-23(24)15(3)30-31(26)18-8-6-7-17(11-18)27(33)34/h6-12,24H,4-5,14,29H2,1-3H3,(H,33,34). The van der Waals surface area contributed by atoms with Crippen LogP contribution >= 0.6 is 0 Å². The molecule has 2 heterocycles. The fourth-order valence-corrected chi connectivity index (χ4v) is 4.22. The average molecular weight is 519 g/mol. The van der Waals surface area contributed by atoms with Crippen LogP contribution in [0.4, 0.5) is 0 Å². The number of carbonyl (C=O) groups excluding carboxylic acids is 1. The van der Waals surface area contributed by atoms with Crippen LogP contribution in [0.1, 0.15) is 46.9 Å². The van der Waals surface area contributed by atoms with E-state index >= 15 is 0 Å². The van der Waals surface area contributed by atoms with E-state index in [2.05, 4.69) is 11.2 Å². The SMILES string of the molecule is CCOC(=O)COc1ccc(C2C(C#N)=C(N)Oc3c2c(C)nn3-c2cccc(C(=O)O)c2)cc1OCC. The fourth-order valence-electron chi connectivity index (χ4n) is 4.22. The highest BCUT2D eigenvalue weighted by Crippen LogP contribution is 2.46. The molecule has 0 saturated heterocycles. The van der Waals surface area contributed by atoms with E-state index in [0.717, 1.165) is 0 Å². The molecule has 1 aromatic heterocycles. The molecular weight excluding hydrogens is 492 g/mol. The minimum Gasteiger partial charge on any atom is -0.490 e. The van der Waals surface area contributed by atoms with Crippen LogP contribution in [0.2, 0.25) is 0 Å². The molecule has 196 valence electrons. The van der Waals surface area contributed by atoms with Crippen molar-refractivity contribution < 1.29 is 33.6 Å². The molecule has 0 radical (unpaired) electrons. The Morgan fingerprint density at radius 3 is 2.63 bits per heavy atom. The summed E-state index contributed by atoms with van der Waals surface area (Å²) >= 11 is 0. The van der Waals surface area contributed by atoms with Crippen LogP contribution in [0, 0.1) is 18.3 Å². The number of nitrogens with two attached hydrogens (primary N) is 1. The summed E-state index contributed by atoms with van der Waals surface area (Å²) in [6.45, 7) is 5.57. The van der Waals surface area contributed by atoms with E-state index < -0.39 is 17.9 Å². The van der Waals surface area contributed by atoms with Crippen molar-refractivity contribution in [3.05, 3.63) is 76.3 Å². The predicted molar refractivity (Wildman–Crippen MR) is 134 cm³/mol. The molecule has 3 aromatic rings. The summed E-state index contributed by atoms with van der Waals surface area (Å²) in [6.07, 6.45) is 0. The molecule has 0 saturated carbocycles. The van der Waals surface area contributed by atoms with E-state index in [0.29, 0.717) is 40.6 Å². The molecule has 38 heavy (non-hydrogen) atoms. The van der Waals surface area contributed by atoms with E-state index in [1.165, 1.54) is 16.8 Å². The largest absolute Gasteiger partial charge is 0.490 e. The number of carboxylic acid groups (broad SMARTS) is 1. The highest BCUT2D eigenvalue weighted by Gasteiger charge is 2.36. The number of nitrogens with zero attached hydrogens (tertiary/aromatic N) is 3. The lowest BCUT2D eigenvalue weighted by Gasteiger charge is -2.25. The van der Waals surface area contributed by atoms with Crippen molar-refractivity contribution in [1.29, 1.82) is 5.26 Å². The normalized spacial score (nSPS) is 14.2. The number of rotatable bonds is 9. The molecule has 1 aliphatic heterocycles. The van der Waals surface area contributed by atoms with Gasteiger partial charge in [0.05, 0.1) is 41.6 Å². The van der Waals surface area contributed by atoms with Gasteiger partial charge in [0.1, 0.15) is 11.6 Å². The second-order valence-corrected chi connectivity index (χ2v) is 8.23. The number of esters is 1. The first kappa shape index (κ1) is 26.1. The van der Waals surface area contributed by atoms with E-state index in [9.17, 15) is 20.0 Å². The number of carboxylic acids is 1. The third-order valence-electron chi connectivity index (χ3n) is 5.82. The second-order valence-electron chi connectivity index (χ2n) is 8.23. The maximum absolute atomic E-state index is 11.8. The third kappa shape index (κ3) is 4.97. The summed E-state index contributed by atoms with van der Waals surface area (Å²) in [5, 5.41) is 24.0. The number of aromatic nitrogens is 2. The number of allylic oxidation sites excluding steroid dienone is 1. The third-order valence-corrected chi connectivity index (χ3v) is 5.82. The minimum atomic E-state index is -1.08. The molecular formula is C27H26N4O7. The Morgan fingerprint density at radius 1 is 1.16 bits per heavy atom. The quantitative estimate of drug-likeness (QED) is 0.402. The van der Waals surface area contributed by atoms with Crippen LogP contribution in [-0.2, 0) is 9.53 Å². The molecule has 11 heteroatoms. The summed E-state index contributed by atoms with van der Waals surface area (Å²) in [7, 11) is 0. The van der Waals surface area contributed by atoms with Crippen LogP contribution in [0.15, 0.2) is 53.9 Å². The van der Waals surface area contributed by atoms with Crippen molar-refractivity contribution in [2.45, 2.75) is 26.7 Å². The average Bonchev–Trinajstić information content (AvgIpc) is 3.23. The van der Waals surface area contributed by atoms with Gasteiger partial charge in [-0.3, -0.25) is 0 Å². The molecule has 0 amide bonds. The first-order valence-electron chi connectivity index (χ1n) is 11.8. The number of aryl methyl sites for hydroxylation is 1. The van der Waals surface area contributed by atoms with Gasteiger partial charge in [-0.2, -0.15) is 10.4 Å². The Kier molecular flexibility index (Phi) is 7.53. The van der Waals surface area contributed by atoms with Gasteiger partial charge < -0.3 is 29.8 Å². The Balaban J connectivity index is 1.81. The van der Waals surface area contributed by atoms with Gasteiger partial charge in [0, 0.05) is 0 Å². The van der Waals surface area contributed by atoms with E-state index in [4.69, 9.17) is 24.7 Å². The van der Waals surface area contributed by atoms with E-state index in [1.807, 2.05) is 6.92 Å². The lowest BCUT2D eigenvalue weighted by Crippen LogP contribution is -2.22. The predicted octanol–water partition coefficient (Wildman–Crippen LogP) is 3.44. The number of hydrogen-bond acceptors (Lipinski definition) is 9. The topological polar surface area (TPSA) is 159 Å². The van der Waals surface area contributed by atoms with Gasteiger partial charge in [-0.1, -0.05) is 12.1 Å². The van der Waals surface area contributed by atoms with Gasteiger partial charge in [-0.05, 0) is 56.7 Å². The van der Waals surface area contributed by atoms with Crippen LogP contribution in [0.3, 0.4) is 0 Å². The molecule has 11 nitrogen and oxygen atoms in total. The second kappa shape index (κ2) is 11.0. The molecule has 0 spiro atoms. The molecule has 1 unspecified atom stereocenters. The van der Waals surface area contributed by atoms with Crippen molar-refractivity contribution in [3.63, 3.8) is 0 Å². The molecule has 0 bridgehead atoms. The lowest BCUT2D eigenvalue weighted by molar-refractivity contribution is -0.145. The highest BCUT2D eigenvalue weighted by atomic mass is 16.6. The minimum absolute atomic E-state index is 0.0813. The summed E-state index contributed by atoms with van der Waals surface area (Å²) in [5.41, 5.74) is 8.73. The zero-order valence-corrected chi connectivity index (χ0v) is 21.1. The monoisotopic (exact) mass is 518 g/mol. The number of aromatic carboxylic acids is 1. The van der Waals surface area contributed by atoms with Crippen molar-refractivity contribution >= 4 is 11.9 Å². The van der Waals surface area contributed by atoms with Crippen molar-refractivity contribution in [2.24, 2.45) is 5.73 Å². The van der Waals surface area contributed by atoms with Crippen LogP contribution < -0.4 is 19.9 Å². The maximum Gasteiger partial charge on any atom is 0.344 e. The summed E-state index contributed by atoms with van der Waals surface area (Å²) in [4.78, 5) is 23.3. The van der Waals surface area contributed by atoms with Crippen molar-refractivity contribution in [2.75, 3.05) is 19.8 Å². The van der Waals surface area contributed by atoms with Crippen molar-refractivity contribution in [1.82, 2.24) is 9.78 Å². The first-order chi connectivity index (χ1) is 18.3. The van der Waals surface area contributed by atoms with Crippen LogP contribution in [0.5, 0.6) is 17.4 Å². The van der Waals surface area contributed by atoms with Crippen LogP contribution in [-0.4, -0.2) is 46.6 Å². The maximum atomic E-state index is 11.8. The molecule has 4 rings (SSSR count). The smallest absolute Gasteiger partial charge is 0.344 e. The number of hydrogen-bond donors (Lipinski definition) is 2. The van der Waals surface area contributed by atoms with Gasteiger partial charge in [0.15, 0.2) is 18.1 Å². The first-order valence-corrected chi connectivity index (χ1v) is 11.8. The summed E-state index contributed by atoms with van der Waals surface area (Å²) in [5.74, 6) is -1.36. The number of nitriles is 1. The molecule has 1 aliphatic rings. The summed E-state index contributed by atoms with van der Waals surface area (Å²) in [6, 6.07) is 13.5. The van der Waals surface area contributed by atoms with Gasteiger partial charge in [0.25, 0.3) is 0 Å². The molecule has 3 N–H and O–H groups in total. The molecule has 0 aliphatic carbocycles. The van der Waals surface area contributed by atoms with Crippen LogP contribution in [0.25, 0.3) is 5.69 Å². The van der Waals surface area contributed by atoms with E-state index in [-0.39, 0.29) is 36.1 Å². The Labute approximate surface area is 218 Å². The molecule has 1 atom stereocenters. The molecule has 2 aromatic carbocycles. The Morgan fingerprint density at radius 2 is 1.95 bits per heavy atom. The van der Waals surface area contributed by atoms with Crippen molar-refractivity contribution in [3.8, 4) is 29.1 Å². The number of fused-ring (bicyclic) bond motifs is 1. The molecule has 0 fully saturated rings. The summed E-state index contributed by atoms with van der Waals surface area (Å²) < 4.78 is 23.6. The van der Waals surface area contributed by atoms with Gasteiger partial charge in [-0.15, -0.1) is 0 Å². The number of carbonyl (C=O) groups is 2. The fraction of sp³-hybridized carbons (Fsp3) is 0.259. The van der Waals surface area contributed by atoms with E-state index in [1.54, 1.807) is 44.2 Å². The Hall–Kier alpha value is -4.98. The van der Waals surface area contributed by atoms with Gasteiger partial charge in [-0.25, -0.2) is 14.3 Å². The number of ether oxygens (including phenoxy) is 4.